The van der Waals surface area contributed by atoms with Crippen molar-refractivity contribution in [3.63, 3.8) is 0 Å². The van der Waals surface area contributed by atoms with Gasteiger partial charge in [-0.15, -0.1) is 0 Å². The van der Waals surface area contributed by atoms with Gasteiger partial charge in [0.2, 0.25) is 0 Å². The minimum Gasteiger partial charge on any atom is -0.497 e. The fraction of sp³-hybridized carbons (Fsp3) is 0.520. The van der Waals surface area contributed by atoms with Gasteiger partial charge in [-0.1, -0.05) is 58.4 Å². The van der Waals surface area contributed by atoms with Crippen molar-refractivity contribution in [2.75, 3.05) is 14.2 Å². The van der Waals surface area contributed by atoms with E-state index in [1.807, 2.05) is 0 Å². The molecular formula is C25H36O2. The third kappa shape index (κ3) is 7.28. The predicted octanol–water partition coefficient (Wildman–Crippen LogP) is 6.71. The molecule has 0 spiro atoms. The van der Waals surface area contributed by atoms with E-state index in [0.717, 1.165) is 24.3 Å². The zero-order chi connectivity index (χ0) is 19.9. The molecule has 0 amide bonds. The summed E-state index contributed by atoms with van der Waals surface area (Å²) in [6.45, 7) is 9.43. The topological polar surface area (TPSA) is 18.5 Å². The largest absolute Gasteiger partial charge is 0.497 e. The Morgan fingerprint density at radius 2 is 1.04 bits per heavy atom. The number of ether oxygens (including phenoxy) is 2. The fourth-order valence-electron chi connectivity index (χ4n) is 3.76. The summed E-state index contributed by atoms with van der Waals surface area (Å²) in [7, 11) is 3.44. The van der Waals surface area contributed by atoms with Crippen LogP contribution >= 0.6 is 0 Å². The maximum Gasteiger partial charge on any atom is 0.118 e. The molecule has 2 aromatic carbocycles. The van der Waals surface area contributed by atoms with Crippen molar-refractivity contribution in [1.82, 2.24) is 0 Å². The van der Waals surface area contributed by atoms with Crippen LogP contribution in [-0.4, -0.2) is 14.2 Å². The van der Waals surface area contributed by atoms with Crippen molar-refractivity contribution in [2.45, 2.75) is 59.8 Å². The quantitative estimate of drug-likeness (QED) is 0.489. The molecular weight excluding hydrogens is 332 g/mol. The van der Waals surface area contributed by atoms with Crippen molar-refractivity contribution >= 4 is 0 Å². The number of hydrogen-bond donors (Lipinski definition) is 0. The first-order valence-electron chi connectivity index (χ1n) is 9.99. The summed E-state index contributed by atoms with van der Waals surface area (Å²) in [5, 5.41) is 0. The van der Waals surface area contributed by atoms with E-state index < -0.39 is 0 Å². The summed E-state index contributed by atoms with van der Waals surface area (Å²) in [6, 6.07) is 17.1. The van der Waals surface area contributed by atoms with E-state index in [-0.39, 0.29) is 5.41 Å². The summed E-state index contributed by atoms with van der Waals surface area (Å²) >= 11 is 0. The van der Waals surface area contributed by atoms with Gasteiger partial charge < -0.3 is 9.47 Å². The maximum absolute atomic E-state index is 5.31. The van der Waals surface area contributed by atoms with E-state index in [0.29, 0.717) is 5.41 Å². The first-order chi connectivity index (χ1) is 12.7. The molecule has 0 atom stereocenters. The van der Waals surface area contributed by atoms with Crippen molar-refractivity contribution in [3.05, 3.63) is 59.7 Å². The molecule has 0 fully saturated rings. The lowest BCUT2D eigenvalue weighted by Crippen LogP contribution is -2.23. The molecule has 2 nitrogen and oxygen atoms in total. The van der Waals surface area contributed by atoms with E-state index in [2.05, 4.69) is 76.2 Å². The Morgan fingerprint density at radius 1 is 0.630 bits per heavy atom. The van der Waals surface area contributed by atoms with E-state index in [4.69, 9.17) is 9.47 Å². The number of rotatable bonds is 9. The van der Waals surface area contributed by atoms with Gasteiger partial charge in [-0.25, -0.2) is 0 Å². The average molecular weight is 369 g/mol. The van der Waals surface area contributed by atoms with Gasteiger partial charge in [0.1, 0.15) is 11.5 Å². The second-order valence-corrected chi connectivity index (χ2v) is 9.27. The van der Waals surface area contributed by atoms with Gasteiger partial charge >= 0.3 is 0 Å². The van der Waals surface area contributed by atoms with Crippen LogP contribution in [0.15, 0.2) is 48.5 Å². The number of methoxy groups -OCH3 is 2. The fourth-order valence-corrected chi connectivity index (χ4v) is 3.76. The monoisotopic (exact) mass is 368 g/mol. The molecule has 0 N–H and O–H groups in total. The molecule has 2 heteroatoms. The molecule has 0 bridgehead atoms. The lowest BCUT2D eigenvalue weighted by atomic mass is 9.73. The van der Waals surface area contributed by atoms with Crippen LogP contribution in [0.2, 0.25) is 0 Å². The van der Waals surface area contributed by atoms with Crippen LogP contribution < -0.4 is 9.47 Å². The lowest BCUT2D eigenvalue weighted by Gasteiger charge is -2.32. The van der Waals surface area contributed by atoms with Crippen LogP contribution in [0, 0.1) is 10.8 Å². The third-order valence-electron chi connectivity index (χ3n) is 5.29. The van der Waals surface area contributed by atoms with E-state index in [1.165, 1.54) is 30.4 Å². The Labute approximate surface area is 165 Å². The van der Waals surface area contributed by atoms with Crippen LogP contribution in [-0.2, 0) is 12.8 Å². The molecule has 0 aliphatic heterocycles. The van der Waals surface area contributed by atoms with Gasteiger partial charge in [-0.2, -0.15) is 0 Å². The van der Waals surface area contributed by atoms with Gasteiger partial charge in [0.15, 0.2) is 0 Å². The molecule has 0 aliphatic carbocycles. The first kappa shape index (κ1) is 21.3. The minimum absolute atomic E-state index is 0.231. The Balaban J connectivity index is 2.14. The van der Waals surface area contributed by atoms with Crippen molar-refractivity contribution in [1.29, 1.82) is 0 Å². The van der Waals surface area contributed by atoms with Crippen molar-refractivity contribution in [3.8, 4) is 11.5 Å². The molecule has 27 heavy (non-hydrogen) atoms. The second kappa shape index (κ2) is 9.30. The van der Waals surface area contributed by atoms with Crippen molar-refractivity contribution < 1.29 is 9.47 Å². The lowest BCUT2D eigenvalue weighted by molar-refractivity contribution is 0.254. The molecule has 0 saturated carbocycles. The summed E-state index contributed by atoms with van der Waals surface area (Å²) in [6.07, 6.45) is 5.89. The standard InChI is InChI=1S/C25H36O2/c1-24(2,3)16-7-17-25(4,18-20-8-12-22(26-5)13-9-20)19-21-10-14-23(27-6)15-11-21/h8-15H,7,16-19H2,1-6H3. The summed E-state index contributed by atoms with van der Waals surface area (Å²) in [5.74, 6) is 1.84. The number of hydrogen-bond acceptors (Lipinski definition) is 2. The van der Waals surface area contributed by atoms with Gasteiger partial charge in [-0.05, 0) is 71.9 Å². The molecule has 2 rings (SSSR count). The Kier molecular flexibility index (Phi) is 7.35. The predicted molar refractivity (Wildman–Crippen MR) is 115 cm³/mol. The Hall–Kier alpha value is -1.96. The first-order valence-corrected chi connectivity index (χ1v) is 9.99. The molecule has 148 valence electrons. The van der Waals surface area contributed by atoms with Gasteiger partial charge in [-0.3, -0.25) is 0 Å². The van der Waals surface area contributed by atoms with E-state index in [1.54, 1.807) is 14.2 Å². The van der Waals surface area contributed by atoms with Gasteiger partial charge in [0, 0.05) is 0 Å². The average Bonchev–Trinajstić information content (AvgIpc) is 2.62. The third-order valence-corrected chi connectivity index (χ3v) is 5.29. The van der Waals surface area contributed by atoms with Crippen molar-refractivity contribution in [2.24, 2.45) is 10.8 Å². The van der Waals surface area contributed by atoms with E-state index >= 15 is 0 Å². The molecule has 0 aliphatic rings. The van der Waals surface area contributed by atoms with Crippen LogP contribution in [0.3, 0.4) is 0 Å². The summed E-state index contributed by atoms with van der Waals surface area (Å²) in [4.78, 5) is 0. The highest BCUT2D eigenvalue weighted by molar-refractivity contribution is 5.30. The molecule has 0 saturated heterocycles. The molecule has 0 radical (unpaired) electrons. The summed E-state index contributed by atoms with van der Waals surface area (Å²) in [5.41, 5.74) is 3.38. The van der Waals surface area contributed by atoms with Crippen LogP contribution in [0.4, 0.5) is 0 Å². The summed E-state index contributed by atoms with van der Waals surface area (Å²) < 4.78 is 10.6. The zero-order valence-corrected chi connectivity index (χ0v) is 18.0. The van der Waals surface area contributed by atoms with E-state index in [9.17, 15) is 0 Å². The SMILES string of the molecule is COc1ccc(CC(C)(CCCC(C)(C)C)Cc2ccc(OC)cc2)cc1. The minimum atomic E-state index is 0.231. The van der Waals surface area contributed by atoms with Crippen LogP contribution in [0.5, 0.6) is 11.5 Å². The van der Waals surface area contributed by atoms with Gasteiger partial charge in [0.25, 0.3) is 0 Å². The Morgan fingerprint density at radius 3 is 1.37 bits per heavy atom. The number of benzene rings is 2. The van der Waals surface area contributed by atoms with Gasteiger partial charge in [0.05, 0.1) is 14.2 Å². The highest BCUT2D eigenvalue weighted by atomic mass is 16.5. The molecule has 0 aromatic heterocycles. The normalized spacial score (nSPS) is 12.1. The molecule has 0 unspecified atom stereocenters. The molecule has 0 heterocycles. The van der Waals surface area contributed by atoms with Crippen LogP contribution in [0.25, 0.3) is 0 Å². The zero-order valence-electron chi connectivity index (χ0n) is 18.0. The molecule has 2 aromatic rings. The van der Waals surface area contributed by atoms with Crippen LogP contribution in [0.1, 0.15) is 58.1 Å². The Bertz CT molecular complexity index is 628. The smallest absolute Gasteiger partial charge is 0.118 e. The second-order valence-electron chi connectivity index (χ2n) is 9.27. The highest BCUT2D eigenvalue weighted by Crippen LogP contribution is 2.35. The highest BCUT2D eigenvalue weighted by Gasteiger charge is 2.26. The maximum atomic E-state index is 5.31.